The third-order valence-corrected chi connectivity index (χ3v) is 3.31. The molecule has 0 spiro atoms. The molecule has 0 saturated heterocycles. The van der Waals surface area contributed by atoms with Gasteiger partial charge in [-0.05, 0) is 31.1 Å². The summed E-state index contributed by atoms with van der Waals surface area (Å²) in [7, 11) is 0. The van der Waals surface area contributed by atoms with Gasteiger partial charge in [0.25, 0.3) is 0 Å². The zero-order chi connectivity index (χ0) is 8.55. The molecular weight excluding hydrogens is 156 g/mol. The molecule has 0 radical (unpaired) electrons. The maximum Gasteiger partial charge on any atom is 0.345 e. The molecule has 3 nitrogen and oxygen atoms in total. The highest BCUT2D eigenvalue weighted by Gasteiger charge is 2.37. The zero-order valence-electron chi connectivity index (χ0n) is 7.03. The summed E-state index contributed by atoms with van der Waals surface area (Å²) in [4.78, 5) is 14.8. The number of fused-ring (bicyclic) bond motifs is 2. The summed E-state index contributed by atoms with van der Waals surface area (Å²) in [5.41, 5.74) is 0. The first-order valence-electron chi connectivity index (χ1n) is 4.65. The molecule has 0 aliphatic heterocycles. The molecule has 2 saturated carbocycles. The van der Waals surface area contributed by atoms with E-state index in [1.54, 1.807) is 0 Å². The molecule has 2 unspecified atom stereocenters. The van der Waals surface area contributed by atoms with Gasteiger partial charge in [-0.1, -0.05) is 12.8 Å². The number of hydrogen-bond donors (Lipinski definition) is 1. The minimum absolute atomic E-state index is 0.0266. The van der Waals surface area contributed by atoms with Gasteiger partial charge in [0.15, 0.2) is 0 Å². The van der Waals surface area contributed by atoms with E-state index in [1.807, 2.05) is 0 Å². The van der Waals surface area contributed by atoms with Gasteiger partial charge in [-0.15, -0.1) is 0 Å². The van der Waals surface area contributed by atoms with Crippen molar-refractivity contribution < 1.29 is 14.9 Å². The summed E-state index contributed by atoms with van der Waals surface area (Å²) in [5, 5.41) is 8.23. The highest BCUT2D eigenvalue weighted by molar-refractivity contribution is 5.71. The van der Waals surface area contributed by atoms with E-state index in [9.17, 15) is 4.79 Å². The molecule has 2 aliphatic carbocycles. The Kier molecular flexibility index (Phi) is 2.05. The van der Waals surface area contributed by atoms with Gasteiger partial charge in [0.05, 0.1) is 5.92 Å². The van der Waals surface area contributed by atoms with Crippen LogP contribution in [0.4, 0.5) is 0 Å². The van der Waals surface area contributed by atoms with E-state index < -0.39 is 5.97 Å². The van der Waals surface area contributed by atoms with Crippen LogP contribution in [-0.4, -0.2) is 11.2 Å². The average molecular weight is 170 g/mol. The van der Waals surface area contributed by atoms with Crippen LogP contribution in [0.25, 0.3) is 0 Å². The summed E-state index contributed by atoms with van der Waals surface area (Å²) in [6.45, 7) is 0. The van der Waals surface area contributed by atoms with Crippen molar-refractivity contribution in [2.75, 3.05) is 0 Å². The number of carbonyl (C=O) groups excluding carboxylic acids is 1. The smallest absolute Gasteiger partial charge is 0.301 e. The number of rotatable bonds is 1. The van der Waals surface area contributed by atoms with Crippen LogP contribution >= 0.6 is 0 Å². The molecule has 0 aromatic carbocycles. The molecule has 2 fully saturated rings. The highest BCUT2D eigenvalue weighted by Crippen LogP contribution is 2.44. The normalized spacial score (nSPS) is 39.6. The Morgan fingerprint density at radius 1 is 1.17 bits per heavy atom. The van der Waals surface area contributed by atoms with Crippen LogP contribution in [0.15, 0.2) is 0 Å². The molecule has 2 rings (SSSR count). The Labute approximate surface area is 71.6 Å². The lowest BCUT2D eigenvalue weighted by Gasteiger charge is -2.24. The van der Waals surface area contributed by atoms with Gasteiger partial charge in [0.1, 0.15) is 0 Å². The van der Waals surface area contributed by atoms with Crippen molar-refractivity contribution in [2.24, 2.45) is 17.8 Å². The molecule has 12 heavy (non-hydrogen) atoms. The topological polar surface area (TPSA) is 46.5 Å². The van der Waals surface area contributed by atoms with Crippen LogP contribution in [-0.2, 0) is 9.68 Å². The molecule has 68 valence electrons. The monoisotopic (exact) mass is 170 g/mol. The average Bonchev–Trinajstić information content (AvgIpc) is 2.44. The van der Waals surface area contributed by atoms with Crippen molar-refractivity contribution in [1.29, 1.82) is 0 Å². The quantitative estimate of drug-likeness (QED) is 0.482. The van der Waals surface area contributed by atoms with Gasteiger partial charge in [0, 0.05) is 0 Å². The van der Waals surface area contributed by atoms with E-state index in [0.717, 1.165) is 12.8 Å². The minimum atomic E-state index is -0.424. The first kappa shape index (κ1) is 8.05. The molecule has 2 atom stereocenters. The molecule has 3 heteroatoms. The van der Waals surface area contributed by atoms with Crippen molar-refractivity contribution in [2.45, 2.75) is 32.1 Å². The fraction of sp³-hybridized carbons (Fsp3) is 0.889. The predicted octanol–water partition coefficient (Wildman–Crippen LogP) is 1.83. The summed E-state index contributed by atoms with van der Waals surface area (Å²) in [5.74, 6) is 0.980. The minimum Gasteiger partial charge on any atom is -0.301 e. The van der Waals surface area contributed by atoms with Gasteiger partial charge in [-0.3, -0.25) is 0 Å². The fourth-order valence-electron chi connectivity index (χ4n) is 2.77. The molecular formula is C9H14O3. The van der Waals surface area contributed by atoms with Crippen LogP contribution in [0, 0.1) is 17.8 Å². The van der Waals surface area contributed by atoms with Crippen LogP contribution in [0.3, 0.4) is 0 Å². The van der Waals surface area contributed by atoms with E-state index >= 15 is 0 Å². The Bertz CT molecular complexity index is 178. The first-order chi connectivity index (χ1) is 5.79. The van der Waals surface area contributed by atoms with Crippen molar-refractivity contribution in [3.05, 3.63) is 0 Å². The first-order valence-corrected chi connectivity index (χ1v) is 4.65. The van der Waals surface area contributed by atoms with Gasteiger partial charge < -0.3 is 4.89 Å². The lowest BCUT2D eigenvalue weighted by Crippen LogP contribution is -2.24. The maximum absolute atomic E-state index is 11.0. The zero-order valence-corrected chi connectivity index (χ0v) is 7.03. The van der Waals surface area contributed by atoms with E-state index in [2.05, 4.69) is 4.89 Å². The van der Waals surface area contributed by atoms with Crippen molar-refractivity contribution in [3.8, 4) is 0 Å². The van der Waals surface area contributed by atoms with Gasteiger partial charge >= 0.3 is 5.97 Å². The summed E-state index contributed by atoms with van der Waals surface area (Å²) in [6.07, 6.45) is 5.67. The Hall–Kier alpha value is -0.570. The van der Waals surface area contributed by atoms with Crippen LogP contribution in [0.5, 0.6) is 0 Å². The fourth-order valence-corrected chi connectivity index (χ4v) is 2.77. The SMILES string of the molecule is O=C(OO)C1CC2CCC(C2)C1. The molecule has 2 aliphatic rings. The Morgan fingerprint density at radius 2 is 1.75 bits per heavy atom. The van der Waals surface area contributed by atoms with E-state index in [0.29, 0.717) is 11.8 Å². The van der Waals surface area contributed by atoms with Crippen LogP contribution in [0.2, 0.25) is 0 Å². The van der Waals surface area contributed by atoms with Crippen molar-refractivity contribution in [3.63, 3.8) is 0 Å². The van der Waals surface area contributed by atoms with Crippen LogP contribution < -0.4 is 0 Å². The number of carbonyl (C=O) groups is 1. The second kappa shape index (κ2) is 3.05. The second-order valence-corrected chi connectivity index (χ2v) is 4.12. The van der Waals surface area contributed by atoms with Gasteiger partial charge in [-0.2, -0.15) is 5.26 Å². The van der Waals surface area contributed by atoms with Crippen LogP contribution in [0.1, 0.15) is 32.1 Å². The third kappa shape index (κ3) is 1.33. The second-order valence-electron chi connectivity index (χ2n) is 4.12. The van der Waals surface area contributed by atoms with Gasteiger partial charge in [0.2, 0.25) is 0 Å². The van der Waals surface area contributed by atoms with Crippen molar-refractivity contribution in [1.82, 2.24) is 0 Å². The largest absolute Gasteiger partial charge is 0.345 e. The molecule has 0 amide bonds. The molecule has 0 heterocycles. The standard InChI is InChI=1S/C9H14O3/c10-9(12-11)8-4-6-1-2-7(3-6)5-8/h6-8,11H,1-5H2. The predicted molar refractivity (Wildman–Crippen MR) is 42.3 cm³/mol. The summed E-state index contributed by atoms with van der Waals surface area (Å²) < 4.78 is 0. The maximum atomic E-state index is 11.0. The van der Waals surface area contributed by atoms with E-state index in [4.69, 9.17) is 5.26 Å². The molecule has 2 bridgehead atoms. The molecule has 0 aromatic heterocycles. The molecule has 1 N–H and O–H groups in total. The van der Waals surface area contributed by atoms with Crippen molar-refractivity contribution >= 4 is 5.97 Å². The lowest BCUT2D eigenvalue weighted by molar-refractivity contribution is -0.240. The summed E-state index contributed by atoms with van der Waals surface area (Å²) in [6, 6.07) is 0. The highest BCUT2D eigenvalue weighted by atomic mass is 17.1. The molecule has 0 aromatic rings. The third-order valence-electron chi connectivity index (χ3n) is 3.31. The lowest BCUT2D eigenvalue weighted by atomic mass is 9.81. The summed E-state index contributed by atoms with van der Waals surface area (Å²) >= 11 is 0. The van der Waals surface area contributed by atoms with E-state index in [1.165, 1.54) is 19.3 Å². The number of hydrogen-bond acceptors (Lipinski definition) is 3. The Morgan fingerprint density at radius 3 is 2.25 bits per heavy atom. The van der Waals surface area contributed by atoms with E-state index in [-0.39, 0.29) is 5.92 Å². The van der Waals surface area contributed by atoms with Gasteiger partial charge in [-0.25, -0.2) is 4.79 Å². The Balaban J connectivity index is 1.98.